The monoisotopic (exact) mass is 218 g/mol. The molecule has 1 fully saturated rings. The largest absolute Gasteiger partial charge is 0.379 e. The van der Waals surface area contributed by atoms with Gasteiger partial charge in [-0.15, -0.1) is 0 Å². The van der Waals surface area contributed by atoms with E-state index in [-0.39, 0.29) is 5.82 Å². The van der Waals surface area contributed by atoms with Crippen LogP contribution in [0.4, 0.5) is 4.39 Å². The average molecular weight is 218 g/mol. The van der Waals surface area contributed by atoms with Crippen molar-refractivity contribution < 1.29 is 4.39 Å². The van der Waals surface area contributed by atoms with E-state index in [0.717, 1.165) is 24.9 Å². The Balaban J connectivity index is 2.34. The summed E-state index contributed by atoms with van der Waals surface area (Å²) in [6.07, 6.45) is 2.05. The van der Waals surface area contributed by atoms with Gasteiger partial charge in [0.25, 0.3) is 0 Å². The Kier molecular flexibility index (Phi) is 2.21. The van der Waals surface area contributed by atoms with Crippen molar-refractivity contribution in [2.45, 2.75) is 0 Å². The summed E-state index contributed by atoms with van der Waals surface area (Å²) in [5.41, 5.74) is 1.43. The molecule has 0 bridgehead atoms. The van der Waals surface area contributed by atoms with Crippen molar-refractivity contribution in [3.8, 4) is 0 Å². The molecular formula is C13H15FN2. The Morgan fingerprint density at radius 2 is 2.31 bits per heavy atom. The van der Waals surface area contributed by atoms with E-state index in [2.05, 4.69) is 17.3 Å². The highest BCUT2D eigenvalue weighted by atomic mass is 19.1. The number of halogens is 1. The lowest BCUT2D eigenvalue weighted by molar-refractivity contribution is 0.441. The third-order valence-corrected chi connectivity index (χ3v) is 3.43. The second-order valence-corrected chi connectivity index (χ2v) is 4.65. The highest BCUT2D eigenvalue weighted by molar-refractivity contribution is 5.55. The molecule has 16 heavy (non-hydrogen) atoms. The average Bonchev–Trinajstić information content (AvgIpc) is 2.61. The molecule has 2 nitrogen and oxygen atoms in total. The zero-order valence-corrected chi connectivity index (χ0v) is 9.33. The van der Waals surface area contributed by atoms with Gasteiger partial charge in [-0.2, -0.15) is 0 Å². The third kappa shape index (κ3) is 1.52. The third-order valence-electron chi connectivity index (χ3n) is 3.43. The van der Waals surface area contributed by atoms with Gasteiger partial charge in [-0.05, 0) is 22.9 Å². The van der Waals surface area contributed by atoms with Gasteiger partial charge in [-0.3, -0.25) is 0 Å². The summed E-state index contributed by atoms with van der Waals surface area (Å²) in [7, 11) is 2.05. The van der Waals surface area contributed by atoms with Crippen molar-refractivity contribution in [1.29, 1.82) is 0 Å². The first kappa shape index (κ1) is 9.85. The lowest BCUT2D eigenvalue weighted by Crippen LogP contribution is -2.29. The van der Waals surface area contributed by atoms with Crippen LogP contribution in [0.3, 0.4) is 0 Å². The van der Waals surface area contributed by atoms with Gasteiger partial charge >= 0.3 is 0 Å². The summed E-state index contributed by atoms with van der Waals surface area (Å²) in [6, 6.07) is 5.09. The van der Waals surface area contributed by atoms with Crippen LogP contribution in [0.15, 0.2) is 18.2 Å². The summed E-state index contributed by atoms with van der Waals surface area (Å²) in [5, 5.41) is 5.61. The molecule has 1 unspecified atom stereocenters. The van der Waals surface area contributed by atoms with Crippen LogP contribution in [-0.2, 0) is 0 Å². The first-order chi connectivity index (χ1) is 7.74. The standard InChI is InChI=1S/C13H15FN2/c1-16-7-9-4-11(14)2-3-12(9)13-6-15-5-10(13)8-16/h2-4,7,10,15H,5-6,8H2,1H3. The Labute approximate surface area is 94.1 Å². The molecule has 1 aromatic carbocycles. The Morgan fingerprint density at radius 1 is 1.44 bits per heavy atom. The van der Waals surface area contributed by atoms with Crippen LogP contribution >= 0.6 is 0 Å². The highest BCUT2D eigenvalue weighted by Gasteiger charge is 2.23. The van der Waals surface area contributed by atoms with E-state index in [0.29, 0.717) is 5.92 Å². The van der Waals surface area contributed by atoms with E-state index in [9.17, 15) is 4.39 Å². The lowest BCUT2D eigenvalue weighted by Gasteiger charge is -2.17. The molecule has 0 aromatic heterocycles. The molecule has 0 saturated carbocycles. The van der Waals surface area contributed by atoms with E-state index < -0.39 is 0 Å². The molecule has 3 rings (SSSR count). The van der Waals surface area contributed by atoms with Crippen LogP contribution in [0, 0.1) is 11.7 Å². The SMILES string of the molecule is CN1C=c2cc(F)ccc2=C2CNCC2C1. The fourth-order valence-corrected chi connectivity index (χ4v) is 2.71. The molecule has 0 amide bonds. The molecule has 2 aliphatic heterocycles. The van der Waals surface area contributed by atoms with Gasteiger partial charge in [0, 0.05) is 44.0 Å². The molecule has 2 heterocycles. The number of rotatable bonds is 0. The maximum absolute atomic E-state index is 13.2. The van der Waals surface area contributed by atoms with E-state index in [1.165, 1.54) is 10.8 Å². The second-order valence-electron chi connectivity index (χ2n) is 4.65. The summed E-state index contributed by atoms with van der Waals surface area (Å²) in [6.45, 7) is 2.98. The molecule has 1 aromatic rings. The van der Waals surface area contributed by atoms with Crippen molar-refractivity contribution in [3.63, 3.8) is 0 Å². The first-order valence-electron chi connectivity index (χ1n) is 5.65. The van der Waals surface area contributed by atoms with Gasteiger partial charge in [0.1, 0.15) is 5.82 Å². The molecule has 1 saturated heterocycles. The first-order valence-corrected chi connectivity index (χ1v) is 5.65. The topological polar surface area (TPSA) is 15.3 Å². The molecule has 84 valence electrons. The fraction of sp³-hybridized carbons (Fsp3) is 0.385. The Hall–Kier alpha value is -1.35. The van der Waals surface area contributed by atoms with Crippen LogP contribution in [0.2, 0.25) is 0 Å². The zero-order chi connectivity index (χ0) is 11.1. The van der Waals surface area contributed by atoms with Crippen molar-refractivity contribution in [3.05, 3.63) is 34.5 Å². The van der Waals surface area contributed by atoms with Gasteiger partial charge in [-0.25, -0.2) is 4.39 Å². The van der Waals surface area contributed by atoms with E-state index >= 15 is 0 Å². The van der Waals surface area contributed by atoms with E-state index in [4.69, 9.17) is 0 Å². The molecule has 1 atom stereocenters. The molecule has 2 aliphatic rings. The van der Waals surface area contributed by atoms with Gasteiger partial charge in [0.15, 0.2) is 0 Å². The number of hydrogen-bond donors (Lipinski definition) is 1. The maximum atomic E-state index is 13.2. The van der Waals surface area contributed by atoms with Crippen LogP contribution < -0.4 is 15.8 Å². The quantitative estimate of drug-likeness (QED) is 0.653. The maximum Gasteiger partial charge on any atom is 0.123 e. The second kappa shape index (κ2) is 3.59. The molecular weight excluding hydrogens is 203 g/mol. The van der Waals surface area contributed by atoms with Gasteiger partial charge in [0.05, 0.1) is 0 Å². The van der Waals surface area contributed by atoms with Crippen LogP contribution in [0.25, 0.3) is 11.8 Å². The molecule has 0 spiro atoms. The number of fused-ring (bicyclic) bond motifs is 2. The van der Waals surface area contributed by atoms with Crippen LogP contribution in [0.1, 0.15) is 0 Å². The highest BCUT2D eigenvalue weighted by Crippen LogP contribution is 2.17. The van der Waals surface area contributed by atoms with Gasteiger partial charge in [0.2, 0.25) is 0 Å². The van der Waals surface area contributed by atoms with Gasteiger partial charge in [-0.1, -0.05) is 6.07 Å². The van der Waals surface area contributed by atoms with Crippen LogP contribution in [0.5, 0.6) is 0 Å². The number of benzene rings is 1. The van der Waals surface area contributed by atoms with Crippen molar-refractivity contribution in [2.75, 3.05) is 26.7 Å². The predicted octanol–water partition coefficient (Wildman–Crippen LogP) is -0.121. The minimum Gasteiger partial charge on any atom is -0.379 e. The van der Waals surface area contributed by atoms with E-state index in [1.54, 1.807) is 12.1 Å². The number of hydrogen-bond acceptors (Lipinski definition) is 2. The lowest BCUT2D eigenvalue weighted by atomic mass is 10.00. The number of nitrogens with one attached hydrogen (secondary N) is 1. The van der Waals surface area contributed by atoms with Gasteiger partial charge < -0.3 is 10.2 Å². The number of nitrogens with zero attached hydrogens (tertiary/aromatic N) is 1. The van der Waals surface area contributed by atoms with E-state index in [1.807, 2.05) is 12.3 Å². The summed E-state index contributed by atoms with van der Waals surface area (Å²) in [4.78, 5) is 2.16. The molecule has 0 radical (unpaired) electrons. The smallest absolute Gasteiger partial charge is 0.123 e. The molecule has 3 heteroatoms. The molecule has 0 aliphatic carbocycles. The van der Waals surface area contributed by atoms with Crippen molar-refractivity contribution in [2.24, 2.45) is 5.92 Å². The zero-order valence-electron chi connectivity index (χ0n) is 9.33. The fourth-order valence-electron chi connectivity index (χ4n) is 2.71. The predicted molar refractivity (Wildman–Crippen MR) is 62.5 cm³/mol. The summed E-state index contributed by atoms with van der Waals surface area (Å²) in [5.74, 6) is 0.404. The van der Waals surface area contributed by atoms with Crippen molar-refractivity contribution in [1.82, 2.24) is 10.2 Å². The Bertz CT molecular complexity index is 535. The van der Waals surface area contributed by atoms with Crippen LogP contribution in [-0.4, -0.2) is 31.6 Å². The minimum atomic E-state index is -0.159. The minimum absolute atomic E-state index is 0.159. The molecule has 1 N–H and O–H groups in total. The summed E-state index contributed by atoms with van der Waals surface area (Å²) >= 11 is 0. The Morgan fingerprint density at radius 3 is 3.19 bits per heavy atom. The normalized spacial score (nSPS) is 23.5. The summed E-state index contributed by atoms with van der Waals surface area (Å²) < 4.78 is 13.2. The van der Waals surface area contributed by atoms with Crippen molar-refractivity contribution >= 4 is 11.8 Å².